The summed E-state index contributed by atoms with van der Waals surface area (Å²) in [5.74, 6) is -7.23. The highest BCUT2D eigenvalue weighted by Crippen LogP contribution is 2.49. The quantitative estimate of drug-likeness (QED) is 0.0162. The van der Waals surface area contributed by atoms with Crippen LogP contribution in [-0.2, 0) is 75.8 Å². The normalized spacial score (nSPS) is 16.1. The van der Waals surface area contributed by atoms with Gasteiger partial charge in [-0.2, -0.15) is 0 Å². The molecule has 8 aromatic carbocycles. The van der Waals surface area contributed by atoms with Gasteiger partial charge < -0.3 is 72.1 Å². The molecule has 2 fully saturated rings. The van der Waals surface area contributed by atoms with Gasteiger partial charge in [0.05, 0.1) is 23.0 Å². The summed E-state index contributed by atoms with van der Waals surface area (Å²) in [7, 11) is 0. The molecule has 2 saturated heterocycles. The monoisotopic (exact) mass is 1680 g/mol. The Kier molecular flexibility index (Phi) is 32.0. The number of ether oxygens (including phenoxy) is 3. The summed E-state index contributed by atoms with van der Waals surface area (Å²) < 4.78 is 17.1. The largest absolute Gasteiger partial charge is 0.488 e. The summed E-state index contributed by atoms with van der Waals surface area (Å²) >= 11 is 1.32. The van der Waals surface area contributed by atoms with Crippen LogP contribution in [0.5, 0.6) is 11.5 Å². The van der Waals surface area contributed by atoms with Crippen LogP contribution in [0.25, 0.3) is 0 Å². The van der Waals surface area contributed by atoms with Crippen LogP contribution in [0.3, 0.4) is 0 Å². The van der Waals surface area contributed by atoms with Gasteiger partial charge in [-0.1, -0.05) is 227 Å². The molecule has 122 heavy (non-hydrogen) atoms. The second-order valence-electron chi connectivity index (χ2n) is 34.3. The number of thioether (sulfide) groups is 1. The zero-order valence-corrected chi connectivity index (χ0v) is 72.5. The maximum atomic E-state index is 16.2. The van der Waals surface area contributed by atoms with E-state index < -0.39 is 153 Å². The lowest BCUT2D eigenvalue weighted by Crippen LogP contribution is -2.61. The molecule has 0 aromatic heterocycles. The zero-order chi connectivity index (χ0) is 87.9. The van der Waals surface area contributed by atoms with Crippen molar-refractivity contribution >= 4 is 70.9 Å². The minimum absolute atomic E-state index is 0.0799. The molecule has 0 aliphatic carbocycles. The number of hydrogen-bond acceptors (Lipinski definition) is 15. The highest BCUT2D eigenvalue weighted by atomic mass is 32.2. The standard InChI is InChI=1S/C97H118N10O14S/c1-12-64(2)84(104-88(114)78(62-119-93(3,4)5)102-85(111)75(98)59-65-47-51-73(52-48-65)120-94(6,7)8)92(118)107-58-32-46-81(107)91(117)106-57-31-45-80(106)90(116)100-76(55-56-82(108)105-96(67-33-19-13-20-34-67,68-35-21-14-22-36-68)69-37-23-15-24-38-69)87(113)103-79(63-122-97(70-39-25-16-26-40-70,71-41-27-17-28-42-71)72-43-29-18-30-44-72)89(115)101-77(86(112)99-61-83(109)110)60-66-49-53-74(54-50-66)121-95(9,10)11/h13-30,33-44,47-54,64,75-81,84H,12,31-32,45-46,55-63,98H2,1-11H3,(H,99,112)(H,100,116)(H,101,115)(H,102,111)(H,103,113)(H,104,114)(H,105,108)(H,109,110)/t64-,75-,76-,77-,78-,79-,80-,81-,84-/m0/s1. The van der Waals surface area contributed by atoms with Gasteiger partial charge in [0.25, 0.3) is 0 Å². The maximum Gasteiger partial charge on any atom is 0.322 e. The Labute approximate surface area is 720 Å². The van der Waals surface area contributed by atoms with Crippen molar-refractivity contribution in [3.63, 3.8) is 0 Å². The number of rotatable bonds is 38. The molecule has 10 N–H and O–H groups in total. The van der Waals surface area contributed by atoms with Gasteiger partial charge in [-0.3, -0.25) is 47.9 Å². The van der Waals surface area contributed by atoms with Gasteiger partial charge >= 0.3 is 5.97 Å². The third-order valence-corrected chi connectivity index (χ3v) is 23.2. The van der Waals surface area contributed by atoms with Gasteiger partial charge in [0, 0.05) is 31.7 Å². The van der Waals surface area contributed by atoms with Crippen molar-refractivity contribution in [1.29, 1.82) is 0 Å². The number of nitrogens with two attached hydrogens (primary N) is 1. The SMILES string of the molecule is CC[C@H](C)[C@H](NC(=O)[C@H](COC(C)(C)C)NC(=O)[C@@H](N)Cc1ccc(OC(C)(C)C)cc1)C(=O)N1CCC[C@H]1C(=O)N1CCC[C@H]1C(=O)N[C@@H](CCC(=O)NC(c1ccccc1)(c1ccccc1)c1ccccc1)C(=O)N[C@@H](CSC(c1ccccc1)(c1ccccc1)c1ccccc1)C(=O)N[C@@H](Cc1ccc(OC(C)(C)C)cc1)C(=O)NCC(=O)O. The average molecular weight is 1680 g/mol. The van der Waals surface area contributed by atoms with Gasteiger partial charge in [0.15, 0.2) is 0 Å². The molecule has 0 saturated carbocycles. The number of nitrogens with one attached hydrogen (secondary N) is 7. The third-order valence-electron chi connectivity index (χ3n) is 21.6. The molecule has 9 atom stereocenters. The van der Waals surface area contributed by atoms with E-state index in [0.717, 1.165) is 22.3 Å². The summed E-state index contributed by atoms with van der Waals surface area (Å²) in [5, 5.41) is 30.3. The summed E-state index contributed by atoms with van der Waals surface area (Å²) in [6, 6.07) is 60.8. The first-order chi connectivity index (χ1) is 58.1. The van der Waals surface area contributed by atoms with E-state index >= 15 is 28.8 Å². The summed E-state index contributed by atoms with van der Waals surface area (Å²) in [5.41, 5.74) is 9.38. The van der Waals surface area contributed by atoms with Crippen molar-refractivity contribution in [3.05, 3.63) is 275 Å². The van der Waals surface area contributed by atoms with Crippen LogP contribution >= 0.6 is 11.8 Å². The second kappa shape index (κ2) is 42.2. The van der Waals surface area contributed by atoms with Gasteiger partial charge in [-0.15, -0.1) is 11.8 Å². The first kappa shape index (κ1) is 92.6. The predicted molar refractivity (Wildman–Crippen MR) is 472 cm³/mol. The number of aliphatic carboxylic acids is 1. The highest BCUT2D eigenvalue weighted by molar-refractivity contribution is 8.00. The molecule has 2 heterocycles. The number of benzene rings is 8. The zero-order valence-electron chi connectivity index (χ0n) is 71.7. The van der Waals surface area contributed by atoms with Crippen molar-refractivity contribution in [2.24, 2.45) is 11.7 Å². The second-order valence-corrected chi connectivity index (χ2v) is 35.5. The average Bonchev–Trinajstić information content (AvgIpc) is 0.903. The number of nitrogens with zero attached hydrogens (tertiary/aromatic N) is 2. The first-order valence-electron chi connectivity index (χ1n) is 42.0. The lowest BCUT2D eigenvalue weighted by Gasteiger charge is -2.37. The highest BCUT2D eigenvalue weighted by Gasteiger charge is 2.47. The molecule has 10 rings (SSSR count). The lowest BCUT2D eigenvalue weighted by atomic mass is 9.77. The number of amides is 9. The van der Waals surface area contributed by atoms with Crippen molar-refractivity contribution < 1.29 is 67.3 Å². The smallest absolute Gasteiger partial charge is 0.322 e. The molecule has 0 bridgehead atoms. The molecule has 2 aliphatic heterocycles. The number of hydrogen-bond donors (Lipinski definition) is 9. The minimum Gasteiger partial charge on any atom is -0.488 e. The van der Waals surface area contributed by atoms with Crippen LogP contribution in [0.15, 0.2) is 231 Å². The van der Waals surface area contributed by atoms with E-state index in [2.05, 4.69) is 37.2 Å². The molecule has 646 valence electrons. The molecule has 0 unspecified atom stereocenters. The number of carboxylic acid groups (broad SMARTS) is 1. The van der Waals surface area contributed by atoms with Crippen LogP contribution in [-0.4, -0.2) is 171 Å². The molecule has 0 radical (unpaired) electrons. The van der Waals surface area contributed by atoms with Crippen molar-refractivity contribution in [1.82, 2.24) is 47.0 Å². The van der Waals surface area contributed by atoms with Gasteiger partial charge in [0.1, 0.15) is 77.1 Å². The minimum atomic E-state index is -1.63. The Bertz CT molecular complexity index is 4630. The van der Waals surface area contributed by atoms with E-state index in [0.29, 0.717) is 53.0 Å². The summed E-state index contributed by atoms with van der Waals surface area (Å²) in [6.45, 7) is 19.7. The Morgan fingerprint density at radius 2 is 0.893 bits per heavy atom. The number of carbonyl (C=O) groups is 10. The fraction of sp³-hybridized carbons (Fsp3) is 0.402. The van der Waals surface area contributed by atoms with E-state index in [4.69, 9.17) is 19.9 Å². The van der Waals surface area contributed by atoms with Crippen molar-refractivity contribution in [3.8, 4) is 11.5 Å². The maximum absolute atomic E-state index is 16.2. The molecule has 25 heteroatoms. The van der Waals surface area contributed by atoms with E-state index in [1.54, 1.807) is 64.1 Å². The van der Waals surface area contributed by atoms with E-state index in [-0.39, 0.29) is 57.6 Å². The van der Waals surface area contributed by atoms with E-state index in [1.165, 1.54) is 21.6 Å². The molecule has 0 spiro atoms. The lowest BCUT2D eigenvalue weighted by molar-refractivity contribution is -0.149. The van der Waals surface area contributed by atoms with Crippen LogP contribution < -0.4 is 52.4 Å². The molecular weight excluding hydrogens is 1560 g/mol. The van der Waals surface area contributed by atoms with Crippen LogP contribution in [0, 0.1) is 5.92 Å². The Morgan fingerprint density at radius 1 is 0.475 bits per heavy atom. The summed E-state index contributed by atoms with van der Waals surface area (Å²) in [4.78, 5) is 152. The van der Waals surface area contributed by atoms with E-state index in [9.17, 15) is 24.3 Å². The number of carboxylic acids is 1. The van der Waals surface area contributed by atoms with Crippen molar-refractivity contribution in [2.45, 2.75) is 209 Å². The Balaban J connectivity index is 0.978. The number of likely N-dealkylation sites (tertiary alicyclic amines) is 2. The predicted octanol–water partition coefficient (Wildman–Crippen LogP) is 11.2. The first-order valence-corrected chi connectivity index (χ1v) is 43.0. The Morgan fingerprint density at radius 3 is 1.34 bits per heavy atom. The number of carbonyl (C=O) groups excluding carboxylic acids is 9. The molecule has 9 amide bonds. The van der Waals surface area contributed by atoms with Crippen LogP contribution in [0.1, 0.15) is 166 Å². The molecule has 2 aliphatic rings. The molecule has 8 aromatic rings. The topological polar surface area (TPSA) is 335 Å². The van der Waals surface area contributed by atoms with Crippen LogP contribution in [0.4, 0.5) is 0 Å². The van der Waals surface area contributed by atoms with Gasteiger partial charge in [0.2, 0.25) is 53.2 Å². The van der Waals surface area contributed by atoms with Gasteiger partial charge in [-0.05, 0) is 176 Å². The summed E-state index contributed by atoms with van der Waals surface area (Å²) in [6.07, 6.45) is 0.666. The fourth-order valence-corrected chi connectivity index (χ4v) is 17.0. The Hall–Kier alpha value is -11.7. The fourth-order valence-electron chi connectivity index (χ4n) is 15.4. The van der Waals surface area contributed by atoms with Crippen molar-refractivity contribution in [2.75, 3.05) is 32.0 Å². The molecular formula is C97H118N10O14S. The molecule has 24 nitrogen and oxygen atoms in total. The third kappa shape index (κ3) is 25.0. The van der Waals surface area contributed by atoms with Gasteiger partial charge in [-0.25, -0.2) is 0 Å². The van der Waals surface area contributed by atoms with E-state index in [1.807, 2.05) is 243 Å². The van der Waals surface area contributed by atoms with Crippen LogP contribution in [0.2, 0.25) is 0 Å².